The Hall–Kier alpha value is -2.37. The van der Waals surface area contributed by atoms with Gasteiger partial charge in [-0.25, -0.2) is 9.37 Å². The van der Waals surface area contributed by atoms with Gasteiger partial charge in [-0.15, -0.1) is 0 Å². The zero-order valence-electron chi connectivity index (χ0n) is 8.90. The van der Waals surface area contributed by atoms with Crippen LogP contribution in [0.3, 0.4) is 0 Å². The lowest BCUT2D eigenvalue weighted by molar-refractivity contribution is 0.0946. The van der Waals surface area contributed by atoms with E-state index in [1.165, 1.54) is 24.5 Å². The third-order valence-corrected chi connectivity index (χ3v) is 2.23. The zero-order chi connectivity index (χ0) is 12.3. The normalized spacial score (nSPS) is 10.2. The molecule has 6 heteroatoms. The maximum atomic E-state index is 13.3. The van der Waals surface area contributed by atoms with Crippen molar-refractivity contribution in [1.82, 2.24) is 15.3 Å². The Labute approximate surface area is 96.9 Å². The quantitative estimate of drug-likeness (QED) is 0.694. The Morgan fingerprint density at radius 2 is 2.35 bits per heavy atom. The van der Waals surface area contributed by atoms with Gasteiger partial charge in [0.25, 0.3) is 5.91 Å². The molecule has 0 spiro atoms. The molecule has 88 valence electrons. The highest BCUT2D eigenvalue weighted by Crippen LogP contribution is 2.11. The Balaban J connectivity index is 2.07. The molecule has 0 saturated heterocycles. The van der Waals surface area contributed by atoms with Crippen LogP contribution in [-0.2, 0) is 6.54 Å². The number of imidazole rings is 1. The number of halogens is 1. The molecule has 1 heterocycles. The average molecular weight is 234 g/mol. The van der Waals surface area contributed by atoms with Gasteiger partial charge in [0.15, 0.2) is 0 Å². The predicted octanol–water partition coefficient (Wildman–Crippen LogP) is 1.06. The fourth-order valence-corrected chi connectivity index (χ4v) is 1.37. The molecule has 0 aliphatic carbocycles. The number of H-pyrrole nitrogens is 1. The van der Waals surface area contributed by atoms with Crippen LogP contribution >= 0.6 is 0 Å². The van der Waals surface area contributed by atoms with E-state index in [1.54, 1.807) is 6.20 Å². The van der Waals surface area contributed by atoms with Crippen LogP contribution in [-0.4, -0.2) is 15.9 Å². The van der Waals surface area contributed by atoms with Gasteiger partial charge in [0.05, 0.1) is 24.1 Å². The molecule has 0 radical (unpaired) electrons. The fraction of sp³-hybridized carbons (Fsp3) is 0.0909. The maximum absolute atomic E-state index is 13.3. The number of hydrogen-bond acceptors (Lipinski definition) is 3. The van der Waals surface area contributed by atoms with Crippen LogP contribution < -0.4 is 11.1 Å². The van der Waals surface area contributed by atoms with E-state index in [9.17, 15) is 9.18 Å². The van der Waals surface area contributed by atoms with E-state index in [2.05, 4.69) is 15.3 Å². The summed E-state index contributed by atoms with van der Waals surface area (Å²) < 4.78 is 13.3. The summed E-state index contributed by atoms with van der Waals surface area (Å²) >= 11 is 0. The van der Waals surface area contributed by atoms with Crippen molar-refractivity contribution in [3.05, 3.63) is 47.8 Å². The molecule has 0 aliphatic heterocycles. The molecule has 0 unspecified atom stereocenters. The van der Waals surface area contributed by atoms with Crippen molar-refractivity contribution in [3.63, 3.8) is 0 Å². The lowest BCUT2D eigenvalue weighted by Crippen LogP contribution is -2.24. The molecular formula is C11H11FN4O. The molecule has 1 aromatic heterocycles. The molecule has 1 amide bonds. The first-order chi connectivity index (χ1) is 8.16. The topological polar surface area (TPSA) is 83.8 Å². The van der Waals surface area contributed by atoms with Crippen LogP contribution in [0.25, 0.3) is 0 Å². The Morgan fingerprint density at radius 3 is 3.06 bits per heavy atom. The van der Waals surface area contributed by atoms with E-state index in [1.807, 2.05) is 0 Å². The zero-order valence-corrected chi connectivity index (χ0v) is 8.90. The van der Waals surface area contributed by atoms with Gasteiger partial charge < -0.3 is 16.0 Å². The van der Waals surface area contributed by atoms with Crippen molar-refractivity contribution in [2.45, 2.75) is 6.54 Å². The van der Waals surface area contributed by atoms with Gasteiger partial charge in [0, 0.05) is 11.9 Å². The van der Waals surface area contributed by atoms with Crippen LogP contribution in [0.2, 0.25) is 0 Å². The highest BCUT2D eigenvalue weighted by Gasteiger charge is 2.11. The van der Waals surface area contributed by atoms with Gasteiger partial charge >= 0.3 is 0 Å². The average Bonchev–Trinajstić information content (AvgIpc) is 2.82. The summed E-state index contributed by atoms with van der Waals surface area (Å²) in [4.78, 5) is 18.3. The van der Waals surface area contributed by atoms with E-state index >= 15 is 0 Å². The largest absolute Gasteiger partial charge is 0.399 e. The minimum absolute atomic E-state index is 0.0653. The number of rotatable bonds is 3. The summed E-state index contributed by atoms with van der Waals surface area (Å²) in [6.45, 7) is 0.257. The standard InChI is InChI=1S/C11H11FN4O/c12-10-2-1-7(13)3-9(10)11(17)15-5-8-4-14-6-16-8/h1-4,6H,5,13H2,(H,14,16)(H,15,17). The van der Waals surface area contributed by atoms with Gasteiger partial charge in [0.1, 0.15) is 5.82 Å². The summed E-state index contributed by atoms with van der Waals surface area (Å²) in [6, 6.07) is 3.87. The number of nitrogens with two attached hydrogens (primary N) is 1. The molecule has 4 N–H and O–H groups in total. The maximum Gasteiger partial charge on any atom is 0.254 e. The van der Waals surface area contributed by atoms with E-state index in [4.69, 9.17) is 5.73 Å². The van der Waals surface area contributed by atoms with Crippen molar-refractivity contribution < 1.29 is 9.18 Å². The van der Waals surface area contributed by atoms with E-state index in [0.29, 0.717) is 5.69 Å². The summed E-state index contributed by atoms with van der Waals surface area (Å²) in [5.41, 5.74) is 6.51. The number of nitrogen functional groups attached to an aromatic ring is 1. The number of aromatic nitrogens is 2. The highest BCUT2D eigenvalue weighted by atomic mass is 19.1. The molecule has 17 heavy (non-hydrogen) atoms. The minimum Gasteiger partial charge on any atom is -0.399 e. The molecule has 1 aromatic carbocycles. The number of nitrogens with one attached hydrogen (secondary N) is 2. The van der Waals surface area contributed by atoms with Crippen LogP contribution in [0.5, 0.6) is 0 Å². The van der Waals surface area contributed by atoms with Crippen LogP contribution in [0, 0.1) is 5.82 Å². The van der Waals surface area contributed by atoms with Crippen LogP contribution in [0.4, 0.5) is 10.1 Å². The Morgan fingerprint density at radius 1 is 1.53 bits per heavy atom. The monoisotopic (exact) mass is 234 g/mol. The van der Waals surface area contributed by atoms with Crippen molar-refractivity contribution in [2.75, 3.05) is 5.73 Å². The third-order valence-electron chi connectivity index (χ3n) is 2.23. The number of nitrogens with zero attached hydrogens (tertiary/aromatic N) is 1. The van der Waals surface area contributed by atoms with Gasteiger partial charge in [-0.05, 0) is 18.2 Å². The van der Waals surface area contributed by atoms with Gasteiger partial charge in [-0.1, -0.05) is 0 Å². The lowest BCUT2D eigenvalue weighted by atomic mass is 10.2. The number of benzene rings is 1. The number of anilines is 1. The van der Waals surface area contributed by atoms with Crippen molar-refractivity contribution in [1.29, 1.82) is 0 Å². The predicted molar refractivity (Wildman–Crippen MR) is 60.6 cm³/mol. The number of hydrogen-bond donors (Lipinski definition) is 3. The molecule has 0 aliphatic rings. The molecule has 0 saturated carbocycles. The first-order valence-corrected chi connectivity index (χ1v) is 4.97. The number of amides is 1. The second kappa shape index (κ2) is 4.65. The second-order valence-corrected chi connectivity index (χ2v) is 3.50. The molecule has 0 bridgehead atoms. The van der Waals surface area contributed by atoms with Crippen molar-refractivity contribution in [3.8, 4) is 0 Å². The summed E-state index contributed by atoms with van der Waals surface area (Å²) in [6.07, 6.45) is 3.08. The Kier molecular flexibility index (Phi) is 3.04. The Bertz CT molecular complexity index is 524. The SMILES string of the molecule is Nc1ccc(F)c(C(=O)NCc2cnc[nH]2)c1. The highest BCUT2D eigenvalue weighted by molar-refractivity contribution is 5.95. The van der Waals surface area contributed by atoms with E-state index in [-0.39, 0.29) is 12.1 Å². The smallest absolute Gasteiger partial charge is 0.254 e. The van der Waals surface area contributed by atoms with Gasteiger partial charge in [-0.3, -0.25) is 4.79 Å². The molecule has 0 atom stereocenters. The third kappa shape index (κ3) is 2.60. The first-order valence-electron chi connectivity index (χ1n) is 4.97. The molecule has 5 nitrogen and oxygen atoms in total. The molecule has 2 rings (SSSR count). The molecule has 0 fully saturated rings. The molecule has 2 aromatic rings. The lowest BCUT2D eigenvalue weighted by Gasteiger charge is -2.05. The van der Waals surface area contributed by atoms with E-state index < -0.39 is 11.7 Å². The van der Waals surface area contributed by atoms with Gasteiger partial charge in [-0.2, -0.15) is 0 Å². The van der Waals surface area contributed by atoms with Crippen LogP contribution in [0.1, 0.15) is 16.1 Å². The molecular weight excluding hydrogens is 223 g/mol. The number of carbonyl (C=O) groups is 1. The second-order valence-electron chi connectivity index (χ2n) is 3.50. The van der Waals surface area contributed by atoms with E-state index in [0.717, 1.165) is 5.69 Å². The summed E-state index contributed by atoms with van der Waals surface area (Å²) in [5, 5.41) is 2.56. The van der Waals surface area contributed by atoms with Gasteiger partial charge in [0.2, 0.25) is 0 Å². The van der Waals surface area contributed by atoms with Crippen molar-refractivity contribution >= 4 is 11.6 Å². The number of aromatic amines is 1. The summed E-state index contributed by atoms with van der Waals surface area (Å²) in [5.74, 6) is -1.11. The minimum atomic E-state index is -0.596. The summed E-state index contributed by atoms with van der Waals surface area (Å²) in [7, 11) is 0. The number of carbonyl (C=O) groups excluding carboxylic acids is 1. The van der Waals surface area contributed by atoms with Crippen LogP contribution in [0.15, 0.2) is 30.7 Å². The fourth-order valence-electron chi connectivity index (χ4n) is 1.37. The van der Waals surface area contributed by atoms with Crippen molar-refractivity contribution in [2.24, 2.45) is 0 Å². The first kappa shape index (κ1) is 11.1.